The molecule has 0 heterocycles. The molecule has 120 valence electrons. The van der Waals surface area contributed by atoms with E-state index in [1.54, 1.807) is 13.0 Å². The highest BCUT2D eigenvalue weighted by Gasteiger charge is 2.12. The molecule has 23 heavy (non-hydrogen) atoms. The first-order chi connectivity index (χ1) is 10.9. The van der Waals surface area contributed by atoms with Crippen molar-refractivity contribution in [2.45, 2.75) is 6.92 Å². The highest BCUT2D eigenvalue weighted by Crippen LogP contribution is 2.23. The van der Waals surface area contributed by atoms with Gasteiger partial charge in [-0.25, -0.2) is 4.39 Å². The number of benzene rings is 2. The quantitative estimate of drug-likeness (QED) is 0.629. The van der Waals surface area contributed by atoms with E-state index in [1.807, 2.05) is 0 Å². The lowest BCUT2D eigenvalue weighted by atomic mass is 10.2. The minimum absolute atomic E-state index is 0.0289. The maximum Gasteiger partial charge on any atom is 0.272 e. The smallest absolute Gasteiger partial charge is 0.272 e. The molecule has 1 amide bonds. The van der Waals surface area contributed by atoms with Crippen molar-refractivity contribution >= 4 is 33.2 Å². The van der Waals surface area contributed by atoms with Crippen molar-refractivity contribution in [2.24, 2.45) is 0 Å². The fourth-order valence-electron chi connectivity index (χ4n) is 1.85. The van der Waals surface area contributed by atoms with Crippen LogP contribution in [0.25, 0.3) is 0 Å². The van der Waals surface area contributed by atoms with E-state index in [1.165, 1.54) is 30.3 Å². The molecular weight excluding hydrogens is 371 g/mol. The number of ether oxygens (including phenoxy) is 1. The van der Waals surface area contributed by atoms with E-state index < -0.39 is 16.6 Å². The van der Waals surface area contributed by atoms with Crippen LogP contribution in [0.4, 0.5) is 15.8 Å². The second kappa shape index (κ2) is 7.19. The van der Waals surface area contributed by atoms with Crippen LogP contribution >= 0.6 is 15.9 Å². The molecule has 0 aliphatic carbocycles. The molecule has 1 N–H and O–H groups in total. The van der Waals surface area contributed by atoms with Gasteiger partial charge < -0.3 is 10.1 Å². The summed E-state index contributed by atoms with van der Waals surface area (Å²) < 4.78 is 19.4. The predicted molar refractivity (Wildman–Crippen MR) is 86.1 cm³/mol. The highest BCUT2D eigenvalue weighted by molar-refractivity contribution is 9.10. The average Bonchev–Trinajstić information content (AvgIpc) is 2.48. The van der Waals surface area contributed by atoms with Crippen molar-refractivity contribution in [1.82, 2.24) is 0 Å². The van der Waals surface area contributed by atoms with E-state index in [0.717, 1.165) is 0 Å². The van der Waals surface area contributed by atoms with Gasteiger partial charge in [0.1, 0.15) is 11.6 Å². The first kappa shape index (κ1) is 16.9. The Morgan fingerprint density at radius 2 is 2.09 bits per heavy atom. The van der Waals surface area contributed by atoms with Gasteiger partial charge in [0.25, 0.3) is 11.6 Å². The van der Waals surface area contributed by atoms with Gasteiger partial charge in [-0.15, -0.1) is 0 Å². The number of aryl methyl sites for hydroxylation is 1. The van der Waals surface area contributed by atoms with E-state index in [4.69, 9.17) is 4.74 Å². The van der Waals surface area contributed by atoms with Crippen molar-refractivity contribution in [1.29, 1.82) is 0 Å². The summed E-state index contributed by atoms with van der Waals surface area (Å²) in [6.45, 7) is 1.23. The number of nitro benzene ring substituents is 1. The van der Waals surface area contributed by atoms with Gasteiger partial charge >= 0.3 is 0 Å². The molecule has 0 aromatic heterocycles. The predicted octanol–water partition coefficient (Wildman–Crippen LogP) is 3.82. The summed E-state index contributed by atoms with van der Waals surface area (Å²) in [7, 11) is 0. The fraction of sp³-hybridized carbons (Fsp3) is 0.133. The number of nitro groups is 1. The highest BCUT2D eigenvalue weighted by atomic mass is 79.9. The number of amides is 1. The van der Waals surface area contributed by atoms with Crippen molar-refractivity contribution in [2.75, 3.05) is 11.9 Å². The van der Waals surface area contributed by atoms with Crippen molar-refractivity contribution < 1.29 is 18.8 Å². The zero-order valence-corrected chi connectivity index (χ0v) is 13.6. The Balaban J connectivity index is 1.96. The third-order valence-corrected chi connectivity index (χ3v) is 3.43. The molecular formula is C15H12BrFN2O4. The fourth-order valence-corrected chi connectivity index (χ4v) is 2.18. The van der Waals surface area contributed by atoms with Gasteiger partial charge in [0.2, 0.25) is 0 Å². The molecule has 0 unspecified atom stereocenters. The maximum atomic E-state index is 13.6. The molecule has 0 atom stereocenters. The van der Waals surface area contributed by atoms with E-state index >= 15 is 0 Å². The van der Waals surface area contributed by atoms with Crippen LogP contribution in [0.3, 0.4) is 0 Å². The molecule has 2 aromatic carbocycles. The zero-order chi connectivity index (χ0) is 17.0. The van der Waals surface area contributed by atoms with Gasteiger partial charge in [0.05, 0.1) is 10.6 Å². The van der Waals surface area contributed by atoms with Gasteiger partial charge in [-0.05, 0) is 37.3 Å². The van der Waals surface area contributed by atoms with Gasteiger partial charge in [-0.1, -0.05) is 15.9 Å². The summed E-state index contributed by atoms with van der Waals surface area (Å²) in [5, 5.41) is 13.1. The summed E-state index contributed by atoms with van der Waals surface area (Å²) in [5.41, 5.74) is 0.437. The Morgan fingerprint density at radius 3 is 2.70 bits per heavy atom. The van der Waals surface area contributed by atoms with Crippen LogP contribution < -0.4 is 10.1 Å². The van der Waals surface area contributed by atoms with E-state index in [0.29, 0.717) is 15.8 Å². The van der Waals surface area contributed by atoms with Gasteiger partial charge in [-0.2, -0.15) is 0 Å². The minimum atomic E-state index is -0.570. The number of carbonyl (C=O) groups excluding carboxylic acids is 1. The van der Waals surface area contributed by atoms with E-state index in [2.05, 4.69) is 21.2 Å². The number of carbonyl (C=O) groups is 1. The van der Waals surface area contributed by atoms with E-state index in [9.17, 15) is 19.3 Å². The third-order valence-electron chi connectivity index (χ3n) is 2.94. The Bertz CT molecular complexity index is 767. The summed E-state index contributed by atoms with van der Waals surface area (Å²) in [6, 6.07) is 8.42. The molecule has 0 radical (unpaired) electrons. The molecule has 0 saturated heterocycles. The first-order valence-electron chi connectivity index (χ1n) is 6.49. The number of rotatable bonds is 5. The van der Waals surface area contributed by atoms with E-state index in [-0.39, 0.29) is 18.0 Å². The molecule has 0 fully saturated rings. The topological polar surface area (TPSA) is 81.5 Å². The van der Waals surface area contributed by atoms with Crippen molar-refractivity contribution in [3.63, 3.8) is 0 Å². The zero-order valence-electron chi connectivity index (χ0n) is 12.0. The first-order valence-corrected chi connectivity index (χ1v) is 7.29. The summed E-state index contributed by atoms with van der Waals surface area (Å²) >= 11 is 3.12. The lowest BCUT2D eigenvalue weighted by molar-refractivity contribution is -0.385. The third kappa shape index (κ3) is 4.49. The number of nitrogens with zero attached hydrogens (tertiary/aromatic N) is 1. The van der Waals surface area contributed by atoms with Crippen LogP contribution in [-0.4, -0.2) is 17.4 Å². The van der Waals surface area contributed by atoms with Crippen LogP contribution in [0.5, 0.6) is 5.75 Å². The number of nitrogens with one attached hydrogen (secondary N) is 1. The SMILES string of the molecule is Cc1cc(OCC(=O)Nc2ccc(Br)cc2F)ccc1[N+](=O)[O-]. The van der Waals surface area contributed by atoms with Gasteiger partial charge in [-0.3, -0.25) is 14.9 Å². The van der Waals surface area contributed by atoms with Crippen molar-refractivity contribution in [3.8, 4) is 5.75 Å². The number of halogens is 2. The summed E-state index contributed by atoms with van der Waals surface area (Å²) in [4.78, 5) is 22.0. The Morgan fingerprint density at radius 1 is 1.35 bits per heavy atom. The van der Waals surface area contributed by atoms with Crippen LogP contribution in [0.15, 0.2) is 40.9 Å². The van der Waals surface area contributed by atoms with Gasteiger partial charge in [0, 0.05) is 16.1 Å². The van der Waals surface area contributed by atoms with Crippen molar-refractivity contribution in [3.05, 3.63) is 62.4 Å². The molecule has 0 aliphatic heterocycles. The second-order valence-electron chi connectivity index (χ2n) is 4.67. The number of hydrogen-bond donors (Lipinski definition) is 1. The molecule has 6 nitrogen and oxygen atoms in total. The standard InChI is InChI=1S/C15H12BrFN2O4/c1-9-6-11(3-5-14(9)19(21)22)23-8-15(20)18-13-4-2-10(16)7-12(13)17/h2-7H,8H2,1H3,(H,18,20). The maximum absolute atomic E-state index is 13.6. The Hall–Kier alpha value is -2.48. The Kier molecular flexibility index (Phi) is 5.28. The van der Waals surface area contributed by atoms with Gasteiger partial charge in [0.15, 0.2) is 6.61 Å². The van der Waals surface area contributed by atoms with Crippen LogP contribution in [-0.2, 0) is 4.79 Å². The van der Waals surface area contributed by atoms with Crippen LogP contribution in [0.2, 0.25) is 0 Å². The molecule has 2 aromatic rings. The molecule has 0 aliphatic rings. The monoisotopic (exact) mass is 382 g/mol. The van der Waals surface area contributed by atoms with Crippen LogP contribution in [0, 0.1) is 22.9 Å². The lowest BCUT2D eigenvalue weighted by Gasteiger charge is -2.09. The molecule has 0 bridgehead atoms. The molecule has 8 heteroatoms. The molecule has 0 spiro atoms. The number of hydrogen-bond acceptors (Lipinski definition) is 4. The largest absolute Gasteiger partial charge is 0.484 e. The second-order valence-corrected chi connectivity index (χ2v) is 5.58. The average molecular weight is 383 g/mol. The molecule has 0 saturated carbocycles. The summed E-state index contributed by atoms with van der Waals surface area (Å²) in [5.74, 6) is -0.791. The number of anilines is 1. The summed E-state index contributed by atoms with van der Waals surface area (Å²) in [6.07, 6.45) is 0. The molecule has 2 rings (SSSR count). The minimum Gasteiger partial charge on any atom is -0.484 e. The Labute approximate surface area is 139 Å². The van der Waals surface area contributed by atoms with Crippen LogP contribution in [0.1, 0.15) is 5.56 Å². The normalized spacial score (nSPS) is 10.2. The lowest BCUT2D eigenvalue weighted by Crippen LogP contribution is -2.20.